The highest BCUT2D eigenvalue weighted by Gasteiger charge is 2.36. The molecule has 200 valence electrons. The third-order valence-electron chi connectivity index (χ3n) is 6.63. The Morgan fingerprint density at radius 2 is 1.73 bits per heavy atom. The highest BCUT2D eigenvalue weighted by molar-refractivity contribution is 6.01. The first-order valence-electron chi connectivity index (χ1n) is 12.1. The van der Waals surface area contributed by atoms with Crippen LogP contribution in [-0.2, 0) is 6.18 Å². The minimum atomic E-state index is -4.71. The van der Waals surface area contributed by atoms with E-state index in [9.17, 15) is 22.8 Å². The van der Waals surface area contributed by atoms with E-state index in [1.54, 1.807) is 17.0 Å². The van der Waals surface area contributed by atoms with Gasteiger partial charge in [0.25, 0.3) is 5.56 Å². The number of piperazine rings is 1. The first kappa shape index (κ1) is 25.1. The Bertz CT molecular complexity index is 1940. The summed E-state index contributed by atoms with van der Waals surface area (Å²) < 4.78 is 43.9. The lowest BCUT2D eigenvalue weighted by Gasteiger charge is -2.31. The fourth-order valence-corrected chi connectivity index (χ4v) is 4.76. The Hall–Kier alpha value is -5.16. The summed E-state index contributed by atoms with van der Waals surface area (Å²) in [6, 6.07) is 8.69. The van der Waals surface area contributed by atoms with E-state index in [0.29, 0.717) is 43.0 Å². The van der Waals surface area contributed by atoms with Crippen LogP contribution < -0.4 is 21.5 Å². The molecular formula is C26H18F3N9O2. The summed E-state index contributed by atoms with van der Waals surface area (Å²) in [5.41, 5.74) is -1.48. The zero-order valence-electron chi connectivity index (χ0n) is 20.5. The van der Waals surface area contributed by atoms with Crippen LogP contribution in [0.4, 0.5) is 18.9 Å². The minimum Gasteiger partial charge on any atom is -0.368 e. The SMILES string of the molecule is N#Cc1ncc(-c2ccc3ncc4c(=O)[nH]c(=O)n(-c5ccc(N6CCNCC6)c(C(F)(F)F)c5)c4c3n2)cn1. The zero-order valence-corrected chi connectivity index (χ0v) is 20.5. The monoisotopic (exact) mass is 545 g/mol. The van der Waals surface area contributed by atoms with Gasteiger partial charge in [0.15, 0.2) is 0 Å². The summed E-state index contributed by atoms with van der Waals surface area (Å²) in [6.07, 6.45) is -0.675. The van der Waals surface area contributed by atoms with E-state index >= 15 is 0 Å². The molecule has 0 radical (unpaired) electrons. The largest absolute Gasteiger partial charge is 0.418 e. The molecule has 40 heavy (non-hydrogen) atoms. The second-order valence-corrected chi connectivity index (χ2v) is 9.02. The van der Waals surface area contributed by atoms with Crippen molar-refractivity contribution >= 4 is 27.6 Å². The summed E-state index contributed by atoms with van der Waals surface area (Å²) in [6.45, 7) is 1.87. The van der Waals surface area contributed by atoms with Gasteiger partial charge in [0.2, 0.25) is 5.82 Å². The van der Waals surface area contributed by atoms with Crippen molar-refractivity contribution in [3.05, 3.63) is 81.1 Å². The maximum Gasteiger partial charge on any atom is 0.418 e. The van der Waals surface area contributed by atoms with Crippen LogP contribution in [0.5, 0.6) is 0 Å². The molecule has 1 aliphatic rings. The van der Waals surface area contributed by atoms with E-state index in [2.05, 4.69) is 30.2 Å². The van der Waals surface area contributed by atoms with Crippen LogP contribution >= 0.6 is 0 Å². The molecule has 0 aliphatic carbocycles. The lowest BCUT2D eigenvalue weighted by atomic mass is 10.1. The summed E-state index contributed by atoms with van der Waals surface area (Å²) in [5.74, 6) is -0.0400. The first-order chi connectivity index (χ1) is 19.2. The van der Waals surface area contributed by atoms with Crippen molar-refractivity contribution in [3.8, 4) is 23.0 Å². The molecule has 5 heterocycles. The predicted molar refractivity (Wildman–Crippen MR) is 139 cm³/mol. The second-order valence-electron chi connectivity index (χ2n) is 9.02. The Kier molecular flexibility index (Phi) is 6.00. The quantitative estimate of drug-likeness (QED) is 0.326. The average Bonchev–Trinajstić information content (AvgIpc) is 2.96. The number of aromatic nitrogens is 6. The number of alkyl halides is 3. The molecule has 1 aliphatic heterocycles. The number of halogens is 3. The number of nitrogens with zero attached hydrogens (tertiary/aromatic N) is 7. The molecule has 1 aromatic carbocycles. The molecule has 1 fully saturated rings. The molecule has 1 saturated heterocycles. The van der Waals surface area contributed by atoms with Gasteiger partial charge in [-0.1, -0.05) is 0 Å². The van der Waals surface area contributed by atoms with Gasteiger partial charge in [0.05, 0.1) is 33.4 Å². The third-order valence-corrected chi connectivity index (χ3v) is 6.63. The first-order valence-corrected chi connectivity index (χ1v) is 12.1. The highest BCUT2D eigenvalue weighted by atomic mass is 19.4. The zero-order chi connectivity index (χ0) is 28.0. The molecule has 0 spiro atoms. The lowest BCUT2D eigenvalue weighted by molar-refractivity contribution is -0.137. The molecule has 2 N–H and O–H groups in total. The number of nitrogens with one attached hydrogen (secondary N) is 2. The molecule has 0 saturated carbocycles. The lowest BCUT2D eigenvalue weighted by Crippen LogP contribution is -2.44. The normalized spacial score (nSPS) is 14.0. The van der Waals surface area contributed by atoms with E-state index in [0.717, 1.165) is 10.6 Å². The summed E-state index contributed by atoms with van der Waals surface area (Å²) in [7, 11) is 0. The van der Waals surface area contributed by atoms with Crippen molar-refractivity contribution in [2.45, 2.75) is 6.18 Å². The van der Waals surface area contributed by atoms with Crippen LogP contribution in [0.2, 0.25) is 0 Å². The van der Waals surface area contributed by atoms with Gasteiger partial charge in [-0.3, -0.25) is 19.3 Å². The van der Waals surface area contributed by atoms with Crippen LogP contribution in [-0.4, -0.2) is 55.7 Å². The van der Waals surface area contributed by atoms with Crippen molar-refractivity contribution in [1.29, 1.82) is 5.26 Å². The Morgan fingerprint density at radius 3 is 2.42 bits per heavy atom. The van der Waals surface area contributed by atoms with Crippen molar-refractivity contribution in [2.75, 3.05) is 31.1 Å². The number of rotatable bonds is 3. The maximum absolute atomic E-state index is 14.3. The van der Waals surface area contributed by atoms with Crippen molar-refractivity contribution < 1.29 is 13.2 Å². The summed E-state index contributed by atoms with van der Waals surface area (Å²) in [5, 5.41) is 12.1. The fourth-order valence-electron chi connectivity index (χ4n) is 4.76. The van der Waals surface area contributed by atoms with Crippen LogP contribution in [0.3, 0.4) is 0 Å². The molecule has 0 bridgehead atoms. The molecule has 14 heteroatoms. The number of H-pyrrole nitrogens is 1. The van der Waals surface area contributed by atoms with Gasteiger partial charge in [-0.05, 0) is 30.3 Å². The minimum absolute atomic E-state index is 0.00166. The Labute approximate surface area is 222 Å². The maximum atomic E-state index is 14.3. The number of hydrogen-bond donors (Lipinski definition) is 2. The van der Waals surface area contributed by atoms with Crippen LogP contribution in [0.25, 0.3) is 38.9 Å². The van der Waals surface area contributed by atoms with Gasteiger partial charge in [-0.2, -0.15) is 18.4 Å². The Morgan fingerprint density at radius 1 is 0.975 bits per heavy atom. The van der Waals surface area contributed by atoms with Crippen molar-refractivity contribution in [1.82, 2.24) is 34.8 Å². The number of hydrogen-bond acceptors (Lipinski definition) is 9. The highest BCUT2D eigenvalue weighted by Crippen LogP contribution is 2.38. The van der Waals surface area contributed by atoms with E-state index in [4.69, 9.17) is 5.26 Å². The standard InChI is InChI=1S/C26H18F3N9O2/c27-26(28,29)17-9-15(1-4-20(17)37-7-5-31-6-8-37)38-23-16(24(39)36-25(38)40)13-32-19-3-2-18(35-22(19)23)14-11-33-21(10-30)34-12-14/h1-4,9,11-13,31H,5-8H2,(H,36,39,40). The Balaban J connectivity index is 1.62. The molecule has 11 nitrogen and oxygen atoms in total. The smallest absolute Gasteiger partial charge is 0.368 e. The third kappa shape index (κ3) is 4.31. The molecular weight excluding hydrogens is 527 g/mol. The van der Waals surface area contributed by atoms with Gasteiger partial charge in [-0.25, -0.2) is 19.7 Å². The van der Waals surface area contributed by atoms with E-state index < -0.39 is 23.0 Å². The molecule has 6 rings (SSSR count). The van der Waals surface area contributed by atoms with Gasteiger partial charge < -0.3 is 10.2 Å². The number of fused-ring (bicyclic) bond motifs is 3. The van der Waals surface area contributed by atoms with Gasteiger partial charge >= 0.3 is 11.9 Å². The fraction of sp³-hybridized carbons (Fsp3) is 0.192. The van der Waals surface area contributed by atoms with E-state index in [-0.39, 0.29) is 33.6 Å². The molecule has 4 aromatic heterocycles. The van der Waals surface area contributed by atoms with Crippen molar-refractivity contribution in [3.63, 3.8) is 0 Å². The summed E-state index contributed by atoms with van der Waals surface area (Å²) >= 11 is 0. The van der Waals surface area contributed by atoms with Crippen LogP contribution in [0.15, 0.2) is 58.5 Å². The van der Waals surface area contributed by atoms with Gasteiger partial charge in [-0.15, -0.1) is 0 Å². The number of nitriles is 1. The van der Waals surface area contributed by atoms with Crippen LogP contribution in [0, 0.1) is 11.3 Å². The van der Waals surface area contributed by atoms with Gasteiger partial charge in [0.1, 0.15) is 11.6 Å². The molecule has 0 atom stereocenters. The molecule has 0 unspecified atom stereocenters. The molecule has 0 amide bonds. The summed E-state index contributed by atoms with van der Waals surface area (Å²) in [4.78, 5) is 46.5. The average molecular weight is 545 g/mol. The second kappa shape index (κ2) is 9.54. The topological polar surface area (TPSA) is 145 Å². The number of anilines is 1. The van der Waals surface area contributed by atoms with E-state index in [1.165, 1.54) is 30.7 Å². The number of pyridine rings is 2. The number of benzene rings is 1. The van der Waals surface area contributed by atoms with E-state index in [1.807, 2.05) is 6.07 Å². The molecule has 5 aromatic rings. The number of aromatic amines is 1. The van der Waals surface area contributed by atoms with Gasteiger partial charge in [0, 0.05) is 56.0 Å². The van der Waals surface area contributed by atoms with Crippen molar-refractivity contribution in [2.24, 2.45) is 0 Å². The predicted octanol–water partition coefficient (Wildman–Crippen LogP) is 2.38. The van der Waals surface area contributed by atoms with Crippen LogP contribution in [0.1, 0.15) is 11.4 Å².